The normalized spacial score (nSPS) is 13.9. The molecule has 3 heteroatoms. The maximum absolute atomic E-state index is 11.1. The monoisotopic (exact) mass is 250 g/mol. The van der Waals surface area contributed by atoms with E-state index in [-0.39, 0.29) is 11.7 Å². The lowest BCUT2D eigenvalue weighted by atomic mass is 9.99. The molecule has 100 valence electrons. The highest BCUT2D eigenvalue weighted by Crippen LogP contribution is 2.23. The molecular formula is C15H22O3. The van der Waals surface area contributed by atoms with E-state index in [0.717, 1.165) is 19.3 Å². The van der Waals surface area contributed by atoms with Gasteiger partial charge in [0, 0.05) is 0 Å². The van der Waals surface area contributed by atoms with E-state index in [1.807, 2.05) is 0 Å². The SMILES string of the molecule is CCC(C)CC(CC)Oc1ccccc1C(=O)O. The Balaban J connectivity index is 2.78. The molecule has 0 bridgehead atoms. The van der Waals surface area contributed by atoms with Crippen LogP contribution in [0.2, 0.25) is 0 Å². The number of hydrogen-bond acceptors (Lipinski definition) is 2. The lowest BCUT2D eigenvalue weighted by molar-refractivity contribution is 0.0687. The Morgan fingerprint density at radius 1 is 1.28 bits per heavy atom. The number of carbonyl (C=O) groups is 1. The average Bonchev–Trinajstić information content (AvgIpc) is 2.38. The Morgan fingerprint density at radius 3 is 2.50 bits per heavy atom. The van der Waals surface area contributed by atoms with E-state index in [4.69, 9.17) is 9.84 Å². The fourth-order valence-electron chi connectivity index (χ4n) is 1.84. The summed E-state index contributed by atoms with van der Waals surface area (Å²) in [4.78, 5) is 11.1. The quantitative estimate of drug-likeness (QED) is 0.796. The van der Waals surface area contributed by atoms with Crippen molar-refractivity contribution >= 4 is 5.97 Å². The van der Waals surface area contributed by atoms with Crippen LogP contribution >= 0.6 is 0 Å². The summed E-state index contributed by atoms with van der Waals surface area (Å²) in [5.41, 5.74) is 0.236. The van der Waals surface area contributed by atoms with Gasteiger partial charge in [-0.05, 0) is 30.9 Å². The Hall–Kier alpha value is -1.51. The van der Waals surface area contributed by atoms with Crippen LogP contribution in [0.5, 0.6) is 5.75 Å². The second-order valence-electron chi connectivity index (χ2n) is 4.70. The maximum Gasteiger partial charge on any atom is 0.339 e. The third kappa shape index (κ3) is 4.06. The van der Waals surface area contributed by atoms with Gasteiger partial charge in [-0.1, -0.05) is 39.3 Å². The molecule has 0 radical (unpaired) electrons. The molecule has 18 heavy (non-hydrogen) atoms. The first-order valence-corrected chi connectivity index (χ1v) is 6.57. The van der Waals surface area contributed by atoms with E-state index in [0.29, 0.717) is 11.7 Å². The standard InChI is InChI=1S/C15H22O3/c1-4-11(3)10-12(5-2)18-14-9-7-6-8-13(14)15(16)17/h6-9,11-12H,4-5,10H2,1-3H3,(H,16,17). The van der Waals surface area contributed by atoms with E-state index in [2.05, 4.69) is 20.8 Å². The first kappa shape index (κ1) is 14.6. The predicted molar refractivity (Wildman–Crippen MR) is 72.2 cm³/mol. The third-order valence-electron chi connectivity index (χ3n) is 3.23. The highest BCUT2D eigenvalue weighted by Gasteiger charge is 2.16. The lowest BCUT2D eigenvalue weighted by Gasteiger charge is -2.21. The smallest absolute Gasteiger partial charge is 0.339 e. The van der Waals surface area contributed by atoms with Gasteiger partial charge < -0.3 is 9.84 Å². The number of rotatable bonds is 7. The lowest BCUT2D eigenvalue weighted by Crippen LogP contribution is -2.19. The van der Waals surface area contributed by atoms with Crippen LogP contribution in [0.15, 0.2) is 24.3 Å². The van der Waals surface area contributed by atoms with E-state index >= 15 is 0 Å². The van der Waals surface area contributed by atoms with Crippen molar-refractivity contribution in [3.63, 3.8) is 0 Å². The predicted octanol–water partition coefficient (Wildman–Crippen LogP) is 3.98. The summed E-state index contributed by atoms with van der Waals surface area (Å²) in [5.74, 6) is 0.121. The molecule has 1 aromatic carbocycles. The van der Waals surface area contributed by atoms with Crippen LogP contribution in [0, 0.1) is 5.92 Å². The molecule has 0 aliphatic rings. The molecule has 0 aliphatic heterocycles. The van der Waals surface area contributed by atoms with Crippen molar-refractivity contribution in [2.24, 2.45) is 5.92 Å². The number of ether oxygens (including phenoxy) is 1. The highest BCUT2D eigenvalue weighted by molar-refractivity contribution is 5.90. The van der Waals surface area contributed by atoms with Gasteiger partial charge in [-0.3, -0.25) is 0 Å². The van der Waals surface area contributed by atoms with Gasteiger partial charge in [0.2, 0.25) is 0 Å². The fraction of sp³-hybridized carbons (Fsp3) is 0.533. The molecule has 1 aromatic rings. The fourth-order valence-corrected chi connectivity index (χ4v) is 1.84. The number of carboxylic acids is 1. The zero-order valence-electron chi connectivity index (χ0n) is 11.3. The van der Waals surface area contributed by atoms with E-state index in [1.54, 1.807) is 24.3 Å². The van der Waals surface area contributed by atoms with Gasteiger partial charge in [-0.25, -0.2) is 4.79 Å². The van der Waals surface area contributed by atoms with Crippen molar-refractivity contribution in [3.8, 4) is 5.75 Å². The molecule has 0 aliphatic carbocycles. The zero-order valence-corrected chi connectivity index (χ0v) is 11.3. The third-order valence-corrected chi connectivity index (χ3v) is 3.23. The van der Waals surface area contributed by atoms with Gasteiger partial charge >= 0.3 is 5.97 Å². The molecule has 1 rings (SSSR count). The number of para-hydroxylation sites is 1. The van der Waals surface area contributed by atoms with Crippen molar-refractivity contribution in [2.45, 2.75) is 46.1 Å². The van der Waals surface area contributed by atoms with Gasteiger partial charge in [-0.2, -0.15) is 0 Å². The van der Waals surface area contributed by atoms with Gasteiger partial charge in [0.05, 0.1) is 6.10 Å². The van der Waals surface area contributed by atoms with Crippen molar-refractivity contribution in [1.82, 2.24) is 0 Å². The number of aromatic carboxylic acids is 1. The Labute approximate surface area is 109 Å². The van der Waals surface area contributed by atoms with E-state index in [9.17, 15) is 4.79 Å². The largest absolute Gasteiger partial charge is 0.490 e. The minimum absolute atomic E-state index is 0.0837. The van der Waals surface area contributed by atoms with Gasteiger partial charge in [0.15, 0.2) is 0 Å². The first-order valence-electron chi connectivity index (χ1n) is 6.57. The van der Waals surface area contributed by atoms with Gasteiger partial charge in [0.1, 0.15) is 11.3 Å². The molecule has 1 N–H and O–H groups in total. The van der Waals surface area contributed by atoms with Gasteiger partial charge in [0.25, 0.3) is 0 Å². The molecule has 0 spiro atoms. The average molecular weight is 250 g/mol. The van der Waals surface area contributed by atoms with E-state index < -0.39 is 5.97 Å². The van der Waals surface area contributed by atoms with Crippen molar-refractivity contribution in [1.29, 1.82) is 0 Å². The molecule has 0 saturated carbocycles. The minimum Gasteiger partial charge on any atom is -0.490 e. The van der Waals surface area contributed by atoms with Crippen LogP contribution in [-0.4, -0.2) is 17.2 Å². The molecule has 0 fully saturated rings. The van der Waals surface area contributed by atoms with Crippen LogP contribution in [0.1, 0.15) is 50.4 Å². The summed E-state index contributed by atoms with van der Waals surface area (Å²) in [6, 6.07) is 6.82. The maximum atomic E-state index is 11.1. The van der Waals surface area contributed by atoms with Crippen LogP contribution in [-0.2, 0) is 0 Å². The van der Waals surface area contributed by atoms with Crippen LogP contribution in [0.25, 0.3) is 0 Å². The highest BCUT2D eigenvalue weighted by atomic mass is 16.5. The number of carboxylic acid groups (broad SMARTS) is 1. The molecule has 3 nitrogen and oxygen atoms in total. The molecule has 0 aromatic heterocycles. The Kier molecular flexibility index (Phi) is 5.69. The Morgan fingerprint density at radius 2 is 1.94 bits per heavy atom. The molecule has 0 saturated heterocycles. The topological polar surface area (TPSA) is 46.5 Å². The summed E-state index contributed by atoms with van der Waals surface area (Å²) in [6.07, 6.45) is 3.04. The van der Waals surface area contributed by atoms with Gasteiger partial charge in [-0.15, -0.1) is 0 Å². The summed E-state index contributed by atoms with van der Waals surface area (Å²) >= 11 is 0. The second-order valence-corrected chi connectivity index (χ2v) is 4.70. The summed E-state index contributed by atoms with van der Waals surface area (Å²) in [6.45, 7) is 6.41. The van der Waals surface area contributed by atoms with Crippen LogP contribution in [0.3, 0.4) is 0 Å². The number of hydrogen-bond donors (Lipinski definition) is 1. The first-order chi connectivity index (χ1) is 8.58. The summed E-state index contributed by atoms with van der Waals surface area (Å²) < 4.78 is 5.85. The second kappa shape index (κ2) is 7.04. The molecule has 0 heterocycles. The Bertz CT molecular complexity index is 387. The molecular weight excluding hydrogens is 228 g/mol. The molecule has 2 unspecified atom stereocenters. The van der Waals surface area contributed by atoms with Crippen molar-refractivity contribution in [2.75, 3.05) is 0 Å². The van der Waals surface area contributed by atoms with Crippen molar-refractivity contribution < 1.29 is 14.6 Å². The minimum atomic E-state index is -0.941. The number of benzene rings is 1. The zero-order chi connectivity index (χ0) is 13.5. The summed E-state index contributed by atoms with van der Waals surface area (Å²) in [5, 5.41) is 9.10. The van der Waals surface area contributed by atoms with Crippen molar-refractivity contribution in [3.05, 3.63) is 29.8 Å². The van der Waals surface area contributed by atoms with Crippen LogP contribution < -0.4 is 4.74 Å². The molecule has 0 amide bonds. The van der Waals surface area contributed by atoms with E-state index in [1.165, 1.54) is 0 Å². The molecule has 2 atom stereocenters. The van der Waals surface area contributed by atoms with Crippen LogP contribution in [0.4, 0.5) is 0 Å². The summed E-state index contributed by atoms with van der Waals surface area (Å²) in [7, 11) is 0.